The van der Waals surface area contributed by atoms with Gasteiger partial charge < -0.3 is 15.0 Å². The number of benzene rings is 3. The monoisotopic (exact) mass is 653 g/mol. The second-order valence-corrected chi connectivity index (χ2v) is 13.1. The number of amides is 2. The van der Waals surface area contributed by atoms with Gasteiger partial charge in [-0.25, -0.2) is 8.42 Å². The lowest BCUT2D eigenvalue weighted by Gasteiger charge is -2.33. The molecule has 0 saturated heterocycles. The van der Waals surface area contributed by atoms with Crippen LogP contribution in [0, 0.1) is 5.92 Å². The van der Waals surface area contributed by atoms with Crippen LogP contribution in [0.2, 0.25) is 15.1 Å². The molecular formula is C30H34Cl3N3O5S. The van der Waals surface area contributed by atoms with Crippen molar-refractivity contribution < 1.29 is 22.7 Å². The van der Waals surface area contributed by atoms with Crippen molar-refractivity contribution in [1.29, 1.82) is 0 Å². The maximum atomic E-state index is 14.2. The molecule has 3 aromatic rings. The number of ether oxygens (including phenoxy) is 1. The lowest BCUT2D eigenvalue weighted by Crippen LogP contribution is -2.52. The number of sulfonamides is 1. The van der Waals surface area contributed by atoms with E-state index in [4.69, 9.17) is 39.5 Å². The maximum Gasteiger partial charge on any atom is 0.264 e. The molecule has 1 atom stereocenters. The summed E-state index contributed by atoms with van der Waals surface area (Å²) in [4.78, 5) is 28.9. The van der Waals surface area contributed by atoms with Crippen LogP contribution in [0.1, 0.15) is 32.8 Å². The van der Waals surface area contributed by atoms with Crippen LogP contribution in [-0.4, -0.2) is 51.4 Å². The zero-order valence-corrected chi connectivity index (χ0v) is 26.9. The summed E-state index contributed by atoms with van der Waals surface area (Å²) in [6.07, 6.45) is 0.271. The normalized spacial score (nSPS) is 12.1. The summed E-state index contributed by atoms with van der Waals surface area (Å²) in [6, 6.07) is 16.2. The molecule has 0 radical (unpaired) electrons. The van der Waals surface area contributed by atoms with Gasteiger partial charge in [0, 0.05) is 28.2 Å². The van der Waals surface area contributed by atoms with Crippen molar-refractivity contribution in [3.05, 3.63) is 87.4 Å². The minimum Gasteiger partial charge on any atom is -0.495 e. The highest BCUT2D eigenvalue weighted by Crippen LogP contribution is 2.35. The van der Waals surface area contributed by atoms with Gasteiger partial charge in [-0.1, -0.05) is 79.8 Å². The number of carbonyl (C=O) groups is 2. The van der Waals surface area contributed by atoms with E-state index in [-0.39, 0.29) is 46.1 Å². The van der Waals surface area contributed by atoms with Crippen molar-refractivity contribution in [2.45, 2.75) is 44.7 Å². The molecule has 3 aromatic carbocycles. The Morgan fingerprint density at radius 3 is 2.19 bits per heavy atom. The molecule has 1 N–H and O–H groups in total. The summed E-state index contributed by atoms with van der Waals surface area (Å²) >= 11 is 18.8. The van der Waals surface area contributed by atoms with E-state index in [1.165, 1.54) is 36.3 Å². The average molecular weight is 655 g/mol. The van der Waals surface area contributed by atoms with E-state index in [9.17, 15) is 18.0 Å². The third kappa shape index (κ3) is 8.31. The highest BCUT2D eigenvalue weighted by Gasteiger charge is 2.35. The highest BCUT2D eigenvalue weighted by atomic mass is 35.5. The Kier molecular flexibility index (Phi) is 11.9. The van der Waals surface area contributed by atoms with Crippen molar-refractivity contribution in [2.24, 2.45) is 5.92 Å². The summed E-state index contributed by atoms with van der Waals surface area (Å²) in [5, 5.41) is 3.86. The molecule has 8 nitrogen and oxygen atoms in total. The van der Waals surface area contributed by atoms with Gasteiger partial charge in [-0.15, -0.1) is 0 Å². The molecule has 0 fully saturated rings. The molecule has 0 aliphatic carbocycles. The molecule has 0 spiro atoms. The number of carbonyl (C=O) groups excluding carboxylic acids is 2. The fourth-order valence-corrected chi connectivity index (χ4v) is 6.34. The third-order valence-electron chi connectivity index (χ3n) is 6.45. The number of anilines is 1. The van der Waals surface area contributed by atoms with Gasteiger partial charge in [-0.3, -0.25) is 13.9 Å². The molecule has 0 unspecified atom stereocenters. The van der Waals surface area contributed by atoms with Crippen LogP contribution in [0.4, 0.5) is 5.69 Å². The van der Waals surface area contributed by atoms with E-state index in [1.807, 2.05) is 13.8 Å². The van der Waals surface area contributed by atoms with Crippen LogP contribution in [0.25, 0.3) is 0 Å². The predicted molar refractivity (Wildman–Crippen MR) is 168 cm³/mol. The molecule has 2 amide bonds. The summed E-state index contributed by atoms with van der Waals surface area (Å²) in [5.41, 5.74) is 0.617. The molecule has 3 rings (SSSR count). The standard InChI is InChI=1S/C30H34Cl3N3O5S/c1-5-26(30(38)34-17-20(2)3)35(18-21-11-12-22(31)15-25(21)33)29(37)19-36(27-16-23(32)13-14-28(27)41-4)42(39,40)24-9-7-6-8-10-24/h6-16,20,26H,5,17-19H2,1-4H3,(H,34,38)/t26-/m0/s1. The molecule has 0 heterocycles. The van der Waals surface area contributed by atoms with Gasteiger partial charge in [-0.05, 0) is 60.4 Å². The maximum absolute atomic E-state index is 14.2. The molecular weight excluding hydrogens is 621 g/mol. The Morgan fingerprint density at radius 1 is 0.952 bits per heavy atom. The van der Waals surface area contributed by atoms with Gasteiger partial charge in [-0.2, -0.15) is 0 Å². The van der Waals surface area contributed by atoms with Crippen LogP contribution in [0.3, 0.4) is 0 Å². The van der Waals surface area contributed by atoms with Crippen LogP contribution in [0.5, 0.6) is 5.75 Å². The van der Waals surface area contributed by atoms with E-state index < -0.39 is 28.5 Å². The van der Waals surface area contributed by atoms with Gasteiger partial charge in [0.05, 0.1) is 17.7 Å². The lowest BCUT2D eigenvalue weighted by molar-refractivity contribution is -0.140. The summed E-state index contributed by atoms with van der Waals surface area (Å²) < 4.78 is 34.4. The molecule has 226 valence electrons. The largest absolute Gasteiger partial charge is 0.495 e. The number of nitrogens with zero attached hydrogens (tertiary/aromatic N) is 2. The molecule has 0 bridgehead atoms. The molecule has 42 heavy (non-hydrogen) atoms. The Balaban J connectivity index is 2.13. The number of rotatable bonds is 13. The minimum absolute atomic E-state index is 0.0335. The van der Waals surface area contributed by atoms with Crippen LogP contribution in [0.15, 0.2) is 71.6 Å². The minimum atomic E-state index is -4.29. The van der Waals surface area contributed by atoms with Gasteiger partial charge in [0.15, 0.2) is 0 Å². The average Bonchev–Trinajstić information content (AvgIpc) is 2.96. The third-order valence-corrected chi connectivity index (χ3v) is 9.04. The van der Waals surface area contributed by atoms with Gasteiger partial charge in [0.25, 0.3) is 10.0 Å². The van der Waals surface area contributed by atoms with Crippen LogP contribution < -0.4 is 14.4 Å². The Bertz CT molecular complexity index is 1500. The first-order valence-corrected chi connectivity index (χ1v) is 15.9. The quantitative estimate of drug-likeness (QED) is 0.229. The first-order valence-electron chi connectivity index (χ1n) is 13.3. The number of nitrogens with one attached hydrogen (secondary N) is 1. The number of methoxy groups -OCH3 is 1. The lowest BCUT2D eigenvalue weighted by atomic mass is 10.1. The second kappa shape index (κ2) is 15.0. The summed E-state index contributed by atoms with van der Waals surface area (Å²) in [6.45, 7) is 5.40. The van der Waals surface area contributed by atoms with E-state index in [0.29, 0.717) is 22.2 Å². The Morgan fingerprint density at radius 2 is 1.60 bits per heavy atom. The highest BCUT2D eigenvalue weighted by molar-refractivity contribution is 7.92. The van der Waals surface area contributed by atoms with Crippen molar-refractivity contribution >= 4 is 62.3 Å². The van der Waals surface area contributed by atoms with E-state index in [0.717, 1.165) is 4.31 Å². The van der Waals surface area contributed by atoms with Crippen molar-refractivity contribution in [3.63, 3.8) is 0 Å². The van der Waals surface area contributed by atoms with Crippen molar-refractivity contribution in [3.8, 4) is 5.75 Å². The fraction of sp³-hybridized carbons (Fsp3) is 0.333. The van der Waals surface area contributed by atoms with Crippen molar-refractivity contribution in [2.75, 3.05) is 24.5 Å². The number of hydrogen-bond acceptors (Lipinski definition) is 5. The topological polar surface area (TPSA) is 96.0 Å². The molecule has 0 aliphatic rings. The number of halogens is 3. The van der Waals surface area contributed by atoms with Crippen LogP contribution in [-0.2, 0) is 26.2 Å². The SMILES string of the molecule is CC[C@@H](C(=O)NCC(C)C)N(Cc1ccc(Cl)cc1Cl)C(=O)CN(c1cc(Cl)ccc1OC)S(=O)(=O)c1ccccc1. The predicted octanol–water partition coefficient (Wildman–Crippen LogP) is 6.43. The Hall–Kier alpha value is -2.98. The molecule has 0 aliphatic heterocycles. The van der Waals surface area contributed by atoms with Gasteiger partial charge >= 0.3 is 0 Å². The molecule has 0 aromatic heterocycles. The Labute approximate surface area is 262 Å². The van der Waals surface area contributed by atoms with E-state index in [2.05, 4.69) is 5.32 Å². The van der Waals surface area contributed by atoms with Gasteiger partial charge in [0.1, 0.15) is 18.3 Å². The first kappa shape index (κ1) is 33.5. The van der Waals surface area contributed by atoms with E-state index in [1.54, 1.807) is 49.4 Å². The summed E-state index contributed by atoms with van der Waals surface area (Å²) in [5.74, 6) is -0.611. The smallest absolute Gasteiger partial charge is 0.264 e. The zero-order valence-electron chi connectivity index (χ0n) is 23.8. The van der Waals surface area contributed by atoms with Gasteiger partial charge in [0.2, 0.25) is 11.8 Å². The number of hydrogen-bond donors (Lipinski definition) is 1. The second-order valence-electron chi connectivity index (χ2n) is 9.96. The first-order chi connectivity index (χ1) is 19.9. The molecule has 0 saturated carbocycles. The van der Waals surface area contributed by atoms with Crippen LogP contribution >= 0.6 is 34.8 Å². The van der Waals surface area contributed by atoms with Crippen molar-refractivity contribution in [1.82, 2.24) is 10.2 Å². The fourth-order valence-electron chi connectivity index (χ4n) is 4.27. The zero-order chi connectivity index (χ0) is 31.0. The molecule has 12 heteroatoms. The summed E-state index contributed by atoms with van der Waals surface area (Å²) in [7, 11) is -2.90. The van der Waals surface area contributed by atoms with E-state index >= 15 is 0 Å².